The Hall–Kier alpha value is -0.743. The van der Waals surface area contributed by atoms with Crippen LogP contribution in [-0.2, 0) is 23.5 Å². The van der Waals surface area contributed by atoms with E-state index in [1.165, 1.54) is 0 Å². The van der Waals surface area contributed by atoms with Crippen LogP contribution < -0.4 is 0 Å². The monoisotopic (exact) mass is 292 g/mol. The molecule has 0 aromatic rings. The summed E-state index contributed by atoms with van der Waals surface area (Å²) in [5.74, 6) is -0.0642. The molecule has 0 bridgehead atoms. The predicted molar refractivity (Wildman–Crippen MR) is 53.1 cm³/mol. The molecule has 0 fully saturated rings. The first-order chi connectivity index (χ1) is 7.74. The van der Waals surface area contributed by atoms with Crippen molar-refractivity contribution in [2.24, 2.45) is 0 Å². The minimum absolute atomic E-state index is 0.0642. The van der Waals surface area contributed by atoms with Crippen LogP contribution >= 0.6 is 0 Å². The Morgan fingerprint density at radius 3 is 2.06 bits per heavy atom. The number of halogens is 3. The third kappa shape index (κ3) is 5.93. The molecule has 0 N–H and O–H groups in total. The van der Waals surface area contributed by atoms with E-state index in [-0.39, 0.29) is 19.2 Å². The Bertz CT molecular complexity index is 343. The van der Waals surface area contributed by atoms with E-state index in [0.717, 1.165) is 5.70 Å². The number of ether oxygens (including phenoxy) is 2. The molecule has 100 valence electrons. The maximum Gasteiger partial charge on any atom is 0.522 e. The molecule has 0 amide bonds. The van der Waals surface area contributed by atoms with Crippen molar-refractivity contribution in [3.05, 3.63) is 11.6 Å². The molecule has 0 aliphatic heterocycles. The van der Waals surface area contributed by atoms with Crippen LogP contribution in [0.4, 0.5) is 13.2 Å². The quantitative estimate of drug-likeness (QED) is 0.402. The van der Waals surface area contributed by atoms with Gasteiger partial charge in [0, 0.05) is 5.70 Å². The predicted octanol–water partition coefficient (Wildman–Crippen LogP) is 1.34. The van der Waals surface area contributed by atoms with Crippen molar-refractivity contribution in [3.63, 3.8) is 0 Å². The van der Waals surface area contributed by atoms with Crippen LogP contribution in [0.1, 0.15) is 13.8 Å². The van der Waals surface area contributed by atoms with Crippen molar-refractivity contribution < 1.29 is 34.9 Å². The Morgan fingerprint density at radius 2 is 1.71 bits per heavy atom. The normalized spacial score (nSPS) is 12.1. The molecule has 0 heterocycles. The fraction of sp³-hybridized carbons (Fsp3) is 0.714. The highest BCUT2D eigenvalue weighted by atomic mass is 32.2. The molecule has 17 heavy (non-hydrogen) atoms. The average molecular weight is 292 g/mol. The third-order valence-electron chi connectivity index (χ3n) is 1.19. The van der Waals surface area contributed by atoms with Gasteiger partial charge in [-0.1, -0.05) is 0 Å². The lowest BCUT2D eigenvalue weighted by Gasteiger charge is -2.09. The summed E-state index contributed by atoms with van der Waals surface area (Å²) in [6.07, 6.45) is 0. The second-order valence-electron chi connectivity index (χ2n) is 2.43. The summed E-state index contributed by atoms with van der Waals surface area (Å²) in [6, 6.07) is 0. The van der Waals surface area contributed by atoms with E-state index in [0.29, 0.717) is 0 Å². The second-order valence-corrected chi connectivity index (χ2v) is 4.99. The van der Waals surface area contributed by atoms with E-state index in [4.69, 9.17) is 9.47 Å². The molecule has 0 spiro atoms. The number of hydrogen-bond acceptors (Lipinski definition) is 5. The van der Waals surface area contributed by atoms with Crippen molar-refractivity contribution in [3.8, 4) is 0 Å². The van der Waals surface area contributed by atoms with E-state index in [1.54, 1.807) is 13.8 Å². The second kappa shape index (κ2) is 6.86. The first kappa shape index (κ1) is 16.3. The third-order valence-corrected chi connectivity index (χ3v) is 3.37. The molecule has 0 rings (SSSR count). The van der Waals surface area contributed by atoms with Crippen LogP contribution in [0.25, 0.3) is 0 Å². The zero-order chi connectivity index (χ0) is 13.5. The molecule has 0 aliphatic carbocycles. The van der Waals surface area contributed by atoms with Crippen LogP contribution in [0.15, 0.2) is 11.6 Å². The SMILES string of the molecule is CCOC(=C[Si]OS(=O)(=O)C(F)(F)F)OCC. The Kier molecular flexibility index (Phi) is 6.56. The zero-order valence-corrected chi connectivity index (χ0v) is 10.9. The van der Waals surface area contributed by atoms with Crippen molar-refractivity contribution in [2.75, 3.05) is 13.2 Å². The molecule has 0 unspecified atom stereocenters. The van der Waals surface area contributed by atoms with Crippen LogP contribution in [0, 0.1) is 0 Å². The maximum absolute atomic E-state index is 11.9. The van der Waals surface area contributed by atoms with Gasteiger partial charge in [-0.05, 0) is 13.8 Å². The standard InChI is InChI=1S/C7H11F3O5SSi/c1-3-13-6(14-4-2)5-17-15-16(11,12)7(8,9)10/h5H,3-4H2,1-2H3. The molecule has 5 nitrogen and oxygen atoms in total. The van der Waals surface area contributed by atoms with Crippen LogP contribution in [0.5, 0.6) is 0 Å². The highest BCUT2D eigenvalue weighted by molar-refractivity contribution is 7.88. The Morgan fingerprint density at radius 1 is 1.24 bits per heavy atom. The summed E-state index contributed by atoms with van der Waals surface area (Å²) in [4.78, 5) is 0. The summed E-state index contributed by atoms with van der Waals surface area (Å²) in [5.41, 5.74) is -4.43. The van der Waals surface area contributed by atoms with Gasteiger partial charge in [-0.3, -0.25) is 0 Å². The first-order valence-corrected chi connectivity index (χ1v) is 6.85. The van der Waals surface area contributed by atoms with E-state index >= 15 is 0 Å². The number of rotatable bonds is 7. The summed E-state index contributed by atoms with van der Waals surface area (Å²) < 4.78 is 70.1. The summed E-state index contributed by atoms with van der Waals surface area (Å²) in [6.45, 7) is 3.76. The maximum atomic E-state index is 11.9. The van der Waals surface area contributed by atoms with Gasteiger partial charge < -0.3 is 13.3 Å². The summed E-state index contributed by atoms with van der Waals surface area (Å²) >= 11 is 0. The molecule has 0 saturated heterocycles. The lowest BCUT2D eigenvalue weighted by atomic mass is 10.8. The molecule has 0 aliphatic rings. The average Bonchev–Trinajstić information content (AvgIpc) is 2.16. The zero-order valence-electron chi connectivity index (χ0n) is 9.07. The Labute approximate surface area is 99.6 Å². The van der Waals surface area contributed by atoms with Gasteiger partial charge in [0.05, 0.1) is 13.2 Å². The molecular weight excluding hydrogens is 281 g/mol. The van der Waals surface area contributed by atoms with Gasteiger partial charge >= 0.3 is 15.6 Å². The van der Waals surface area contributed by atoms with Crippen molar-refractivity contribution in [1.29, 1.82) is 0 Å². The molecule has 0 atom stereocenters. The van der Waals surface area contributed by atoms with Crippen molar-refractivity contribution >= 4 is 19.9 Å². The lowest BCUT2D eigenvalue weighted by Crippen LogP contribution is -2.26. The fourth-order valence-corrected chi connectivity index (χ4v) is 1.93. The van der Waals surface area contributed by atoms with E-state index < -0.39 is 25.4 Å². The summed E-state index contributed by atoms with van der Waals surface area (Å²) in [5, 5.41) is 0. The van der Waals surface area contributed by atoms with E-state index in [1.807, 2.05) is 0 Å². The lowest BCUT2D eigenvalue weighted by molar-refractivity contribution is -0.0499. The summed E-state index contributed by atoms with van der Waals surface area (Å²) in [7, 11) is -6.63. The molecule has 0 aromatic carbocycles. The van der Waals surface area contributed by atoms with Gasteiger partial charge in [0.25, 0.3) is 15.7 Å². The van der Waals surface area contributed by atoms with Gasteiger partial charge in [-0.25, -0.2) is 0 Å². The van der Waals surface area contributed by atoms with Crippen molar-refractivity contribution in [1.82, 2.24) is 0 Å². The minimum atomic E-state index is -5.57. The van der Waals surface area contributed by atoms with Crippen LogP contribution in [-0.4, -0.2) is 36.9 Å². The van der Waals surface area contributed by atoms with Gasteiger partial charge in [0.2, 0.25) is 0 Å². The van der Waals surface area contributed by atoms with Gasteiger partial charge in [-0.2, -0.15) is 21.6 Å². The van der Waals surface area contributed by atoms with Gasteiger partial charge in [-0.15, -0.1) is 0 Å². The topological polar surface area (TPSA) is 61.8 Å². The molecule has 0 aromatic heterocycles. The molecule has 2 radical (unpaired) electrons. The highest BCUT2D eigenvalue weighted by Gasteiger charge is 2.46. The molecule has 10 heteroatoms. The van der Waals surface area contributed by atoms with Gasteiger partial charge in [0.15, 0.2) is 0 Å². The minimum Gasteiger partial charge on any atom is -0.466 e. The largest absolute Gasteiger partial charge is 0.522 e. The first-order valence-electron chi connectivity index (χ1n) is 4.45. The number of hydrogen-bond donors (Lipinski definition) is 0. The van der Waals surface area contributed by atoms with Crippen molar-refractivity contribution in [2.45, 2.75) is 19.4 Å². The molecular formula is C7H11F3O5SSi. The Balaban J connectivity index is 4.42. The van der Waals surface area contributed by atoms with E-state index in [9.17, 15) is 21.6 Å². The number of alkyl halides is 3. The molecule has 0 saturated carbocycles. The van der Waals surface area contributed by atoms with Crippen LogP contribution in [0.3, 0.4) is 0 Å². The van der Waals surface area contributed by atoms with Crippen LogP contribution in [0.2, 0.25) is 0 Å². The fourth-order valence-electron chi connectivity index (χ4n) is 0.592. The van der Waals surface area contributed by atoms with E-state index in [2.05, 4.69) is 3.87 Å². The smallest absolute Gasteiger partial charge is 0.466 e. The highest BCUT2D eigenvalue weighted by Crippen LogP contribution is 2.24. The van der Waals surface area contributed by atoms with Gasteiger partial charge in [0.1, 0.15) is 0 Å².